The van der Waals surface area contributed by atoms with Crippen LogP contribution in [0.15, 0.2) is 30.3 Å². The fraction of sp³-hybridized carbons (Fsp3) is 0.182. The van der Waals surface area contributed by atoms with E-state index < -0.39 is 5.91 Å². The summed E-state index contributed by atoms with van der Waals surface area (Å²) in [6.45, 7) is 2.08. The average molecular weight is 234 g/mol. The van der Waals surface area contributed by atoms with E-state index in [1.807, 2.05) is 6.07 Å². The van der Waals surface area contributed by atoms with E-state index >= 15 is 0 Å². The van der Waals surface area contributed by atoms with Gasteiger partial charge in [0, 0.05) is 6.54 Å². The van der Waals surface area contributed by atoms with Crippen molar-refractivity contribution in [2.45, 2.75) is 6.92 Å². The molecule has 82 valence electrons. The maximum atomic E-state index is 11.9. The molecule has 4 nitrogen and oxygen atoms in total. The van der Waals surface area contributed by atoms with Gasteiger partial charge >= 0.3 is 6.03 Å². The van der Waals surface area contributed by atoms with E-state index in [0.29, 0.717) is 12.2 Å². The highest BCUT2D eigenvalue weighted by Gasteiger charge is 2.40. The molecule has 16 heavy (non-hydrogen) atoms. The third-order valence-corrected chi connectivity index (χ3v) is 2.74. The number of nitrogens with zero attached hydrogens (tertiary/aromatic N) is 2. The van der Waals surface area contributed by atoms with E-state index in [0.717, 1.165) is 4.90 Å². The number of amides is 3. The molecule has 0 unspecified atom stereocenters. The minimum Gasteiger partial charge on any atom is -0.266 e. The number of hydrogen-bond donors (Lipinski definition) is 0. The number of carbonyl (C=O) groups is 2. The molecular weight excluding hydrogens is 224 g/mol. The van der Waals surface area contributed by atoms with Gasteiger partial charge in [0.25, 0.3) is 5.91 Å². The molecule has 0 saturated carbocycles. The molecule has 1 fully saturated rings. The Morgan fingerprint density at radius 2 is 1.81 bits per heavy atom. The van der Waals surface area contributed by atoms with Crippen molar-refractivity contribution >= 4 is 34.8 Å². The smallest absolute Gasteiger partial charge is 0.266 e. The quantitative estimate of drug-likeness (QED) is 0.578. The maximum absolute atomic E-state index is 11.9. The monoisotopic (exact) mass is 234 g/mol. The van der Waals surface area contributed by atoms with Gasteiger partial charge in [-0.1, -0.05) is 30.4 Å². The van der Waals surface area contributed by atoms with E-state index in [4.69, 9.17) is 12.2 Å². The van der Waals surface area contributed by atoms with E-state index in [-0.39, 0.29) is 11.0 Å². The van der Waals surface area contributed by atoms with Crippen molar-refractivity contribution in [3.63, 3.8) is 0 Å². The zero-order valence-electron chi connectivity index (χ0n) is 8.71. The molecule has 3 amide bonds. The number of thiocarbonyl (C=S) groups is 1. The Morgan fingerprint density at radius 1 is 1.19 bits per heavy atom. The van der Waals surface area contributed by atoms with Crippen molar-refractivity contribution in [2.24, 2.45) is 0 Å². The first-order valence-corrected chi connectivity index (χ1v) is 5.32. The Morgan fingerprint density at radius 3 is 2.31 bits per heavy atom. The van der Waals surface area contributed by atoms with Crippen LogP contribution < -0.4 is 4.90 Å². The van der Waals surface area contributed by atoms with Crippen LogP contribution in [0.25, 0.3) is 0 Å². The van der Waals surface area contributed by atoms with Gasteiger partial charge in [0.05, 0.1) is 5.69 Å². The Labute approximate surface area is 98.5 Å². The van der Waals surface area contributed by atoms with Gasteiger partial charge in [-0.25, -0.2) is 9.69 Å². The summed E-state index contributed by atoms with van der Waals surface area (Å²) in [7, 11) is 0. The number of carbonyl (C=O) groups excluding carboxylic acids is 2. The number of urea groups is 1. The summed E-state index contributed by atoms with van der Waals surface area (Å²) in [6, 6.07) is 8.55. The number of imide groups is 1. The first-order chi connectivity index (χ1) is 7.66. The van der Waals surface area contributed by atoms with E-state index in [2.05, 4.69) is 0 Å². The van der Waals surface area contributed by atoms with Gasteiger partial charge in [-0.05, 0) is 19.1 Å². The fourth-order valence-electron chi connectivity index (χ4n) is 1.59. The molecule has 0 bridgehead atoms. The molecular formula is C11H10N2O2S. The molecule has 2 rings (SSSR count). The van der Waals surface area contributed by atoms with E-state index in [1.54, 1.807) is 31.2 Å². The first-order valence-electron chi connectivity index (χ1n) is 4.91. The lowest BCUT2D eigenvalue weighted by Crippen LogP contribution is -2.32. The van der Waals surface area contributed by atoms with Crippen LogP contribution in [-0.4, -0.2) is 28.4 Å². The summed E-state index contributed by atoms with van der Waals surface area (Å²) < 4.78 is 0. The van der Waals surface area contributed by atoms with E-state index in [9.17, 15) is 9.59 Å². The van der Waals surface area contributed by atoms with Crippen LogP contribution in [0.2, 0.25) is 0 Å². The molecule has 0 atom stereocenters. The molecule has 1 aromatic rings. The molecule has 0 radical (unpaired) electrons. The number of anilines is 1. The molecule has 1 aliphatic rings. The van der Waals surface area contributed by atoms with E-state index in [1.165, 1.54) is 4.90 Å². The second-order valence-corrected chi connectivity index (χ2v) is 3.69. The van der Waals surface area contributed by atoms with Crippen molar-refractivity contribution in [3.8, 4) is 0 Å². The minimum absolute atomic E-state index is 0.0399. The number of benzene rings is 1. The first kappa shape index (κ1) is 10.8. The van der Waals surface area contributed by atoms with Gasteiger partial charge in [0.1, 0.15) is 0 Å². The predicted octanol–water partition coefficient (Wildman–Crippen LogP) is 1.80. The van der Waals surface area contributed by atoms with Gasteiger partial charge in [0.15, 0.2) is 4.99 Å². The second-order valence-electron chi connectivity index (χ2n) is 3.31. The summed E-state index contributed by atoms with van der Waals surface area (Å²) in [6.07, 6.45) is 0. The Balaban J connectivity index is 2.41. The molecule has 5 heteroatoms. The summed E-state index contributed by atoms with van der Waals surface area (Å²) in [5.41, 5.74) is 0.627. The molecule has 1 saturated heterocycles. The highest BCUT2D eigenvalue weighted by molar-refractivity contribution is 7.82. The summed E-state index contributed by atoms with van der Waals surface area (Å²) in [5, 5.41) is 0. The zero-order valence-corrected chi connectivity index (χ0v) is 9.53. The SMILES string of the molecule is CCN1C(=O)C(=S)N(c2ccccc2)C1=O. The van der Waals surface area contributed by atoms with Gasteiger partial charge in [-0.15, -0.1) is 0 Å². The predicted molar refractivity (Wildman–Crippen MR) is 64.3 cm³/mol. The standard InChI is InChI=1S/C11H10N2O2S/c1-2-12-9(14)10(16)13(11(12)15)8-6-4-3-5-7-8/h3-7H,2H2,1H3. The van der Waals surface area contributed by atoms with Crippen molar-refractivity contribution in [2.75, 3.05) is 11.4 Å². The van der Waals surface area contributed by atoms with Crippen LogP contribution >= 0.6 is 12.2 Å². The van der Waals surface area contributed by atoms with Crippen molar-refractivity contribution in [1.82, 2.24) is 4.90 Å². The lowest BCUT2D eigenvalue weighted by Gasteiger charge is -2.14. The molecule has 1 aliphatic heterocycles. The van der Waals surface area contributed by atoms with Gasteiger partial charge in [-0.2, -0.15) is 0 Å². The van der Waals surface area contributed by atoms with Crippen LogP contribution in [0, 0.1) is 0 Å². The van der Waals surface area contributed by atoms with Crippen LogP contribution in [-0.2, 0) is 4.79 Å². The Bertz CT molecular complexity index is 458. The zero-order chi connectivity index (χ0) is 11.7. The lowest BCUT2D eigenvalue weighted by molar-refractivity contribution is -0.120. The van der Waals surface area contributed by atoms with Crippen LogP contribution in [0.3, 0.4) is 0 Å². The second kappa shape index (κ2) is 4.02. The number of likely N-dealkylation sites (N-methyl/N-ethyl adjacent to an activating group) is 1. The third-order valence-electron chi connectivity index (χ3n) is 2.38. The molecule has 1 heterocycles. The van der Waals surface area contributed by atoms with Gasteiger partial charge < -0.3 is 0 Å². The molecule has 0 spiro atoms. The molecule has 0 aliphatic carbocycles. The van der Waals surface area contributed by atoms with Gasteiger partial charge in [-0.3, -0.25) is 9.69 Å². The topological polar surface area (TPSA) is 40.6 Å². The fourth-order valence-corrected chi connectivity index (χ4v) is 1.88. The Hall–Kier alpha value is -1.75. The molecule has 0 aromatic heterocycles. The van der Waals surface area contributed by atoms with Crippen molar-refractivity contribution in [1.29, 1.82) is 0 Å². The summed E-state index contributed by atoms with van der Waals surface area (Å²) in [4.78, 5) is 26.0. The normalized spacial score (nSPS) is 16.2. The summed E-state index contributed by atoms with van der Waals surface area (Å²) >= 11 is 4.98. The van der Waals surface area contributed by atoms with Gasteiger partial charge in [0.2, 0.25) is 0 Å². The van der Waals surface area contributed by atoms with Crippen LogP contribution in [0.1, 0.15) is 6.92 Å². The maximum Gasteiger partial charge on any atom is 0.336 e. The summed E-state index contributed by atoms with van der Waals surface area (Å²) in [5.74, 6) is -0.397. The molecule has 0 N–H and O–H groups in total. The minimum atomic E-state index is -0.397. The number of rotatable bonds is 2. The van der Waals surface area contributed by atoms with Crippen LogP contribution in [0.5, 0.6) is 0 Å². The number of hydrogen-bond acceptors (Lipinski definition) is 3. The number of para-hydroxylation sites is 1. The highest BCUT2D eigenvalue weighted by Crippen LogP contribution is 2.22. The van der Waals surface area contributed by atoms with Crippen molar-refractivity contribution < 1.29 is 9.59 Å². The Kier molecular flexibility index (Phi) is 2.70. The van der Waals surface area contributed by atoms with Crippen molar-refractivity contribution in [3.05, 3.63) is 30.3 Å². The highest BCUT2D eigenvalue weighted by atomic mass is 32.1. The third kappa shape index (κ3) is 1.49. The largest absolute Gasteiger partial charge is 0.336 e. The van der Waals surface area contributed by atoms with Crippen LogP contribution in [0.4, 0.5) is 10.5 Å². The lowest BCUT2D eigenvalue weighted by atomic mass is 10.3. The average Bonchev–Trinajstić information content (AvgIpc) is 2.51. The molecule has 1 aromatic carbocycles.